The van der Waals surface area contributed by atoms with Crippen molar-refractivity contribution < 1.29 is 14.4 Å². The van der Waals surface area contributed by atoms with Gasteiger partial charge in [-0.2, -0.15) is 0 Å². The number of amides is 3. The number of halogens is 2. The molecule has 1 saturated heterocycles. The summed E-state index contributed by atoms with van der Waals surface area (Å²) in [5.74, 6) is -1.07. The number of anilines is 2. The summed E-state index contributed by atoms with van der Waals surface area (Å²) in [7, 11) is 0. The van der Waals surface area contributed by atoms with Gasteiger partial charge in [-0.05, 0) is 61.2 Å². The number of fused-ring (bicyclic) bond motifs is 1. The van der Waals surface area contributed by atoms with Crippen molar-refractivity contribution in [3.8, 4) is 0 Å². The van der Waals surface area contributed by atoms with Gasteiger partial charge in [0.25, 0.3) is 11.8 Å². The molecule has 0 saturated carbocycles. The second kappa shape index (κ2) is 9.84. The maximum atomic E-state index is 13.8. The second-order valence-corrected chi connectivity index (χ2v) is 10.9. The van der Waals surface area contributed by atoms with Gasteiger partial charge in [0, 0.05) is 39.4 Å². The molecule has 0 aliphatic carbocycles. The van der Waals surface area contributed by atoms with Gasteiger partial charge in [-0.1, -0.05) is 57.9 Å². The first-order chi connectivity index (χ1) is 17.7. The first-order valence-corrected chi connectivity index (χ1v) is 13.2. The van der Waals surface area contributed by atoms with Gasteiger partial charge in [0.2, 0.25) is 5.91 Å². The summed E-state index contributed by atoms with van der Waals surface area (Å²) < 4.78 is 0.736. The molecule has 2 aliphatic heterocycles. The van der Waals surface area contributed by atoms with Crippen molar-refractivity contribution >= 4 is 56.6 Å². The maximum absolute atomic E-state index is 13.8. The lowest BCUT2D eigenvalue weighted by molar-refractivity contribution is -0.121. The Balaban J connectivity index is 1.63. The van der Waals surface area contributed by atoms with Gasteiger partial charge in [0.05, 0.1) is 5.56 Å². The molecule has 0 spiro atoms. The van der Waals surface area contributed by atoms with Crippen LogP contribution in [0, 0.1) is 6.92 Å². The maximum Gasteiger partial charge on any atom is 0.256 e. The standard InChI is InChI=1S/C28H26BrClN4O3/c1-16-5-2-3-6-17(16)15-28(21-11-9-19(30)14-23(21)32-27(28)37)33-22-13-18(29)8-10-20(22)26(36)34-12-4-7-24(34)25(31)35/h2-3,5-6,8-11,13-14,24,33H,4,7,12,15H2,1H3,(H2,31,35)(H,32,37)/t24-,28?/m0/s1. The number of nitrogens with zero attached hydrogens (tertiary/aromatic N) is 1. The Labute approximate surface area is 228 Å². The van der Waals surface area contributed by atoms with Crippen molar-refractivity contribution in [2.75, 3.05) is 17.2 Å². The Kier molecular flexibility index (Phi) is 6.72. The third kappa shape index (κ3) is 4.60. The molecule has 37 heavy (non-hydrogen) atoms. The molecule has 1 fully saturated rings. The number of rotatable bonds is 6. The minimum absolute atomic E-state index is 0.248. The van der Waals surface area contributed by atoms with Crippen molar-refractivity contribution in [2.24, 2.45) is 5.73 Å². The van der Waals surface area contributed by atoms with Crippen LogP contribution in [0.5, 0.6) is 0 Å². The van der Waals surface area contributed by atoms with Crippen LogP contribution in [0.3, 0.4) is 0 Å². The van der Waals surface area contributed by atoms with Gasteiger partial charge in [0.1, 0.15) is 11.6 Å². The average molecular weight is 582 g/mol. The molecular weight excluding hydrogens is 556 g/mol. The molecule has 2 heterocycles. The highest BCUT2D eigenvalue weighted by Gasteiger charge is 2.48. The van der Waals surface area contributed by atoms with Gasteiger partial charge >= 0.3 is 0 Å². The number of carbonyl (C=O) groups is 3. The molecular formula is C28H26BrClN4O3. The molecule has 7 nitrogen and oxygen atoms in total. The first-order valence-electron chi connectivity index (χ1n) is 12.0. The van der Waals surface area contributed by atoms with E-state index in [9.17, 15) is 14.4 Å². The minimum atomic E-state index is -1.21. The number of hydrogen-bond donors (Lipinski definition) is 3. The van der Waals surface area contributed by atoms with Gasteiger partial charge in [0.15, 0.2) is 0 Å². The van der Waals surface area contributed by atoms with Crippen LogP contribution >= 0.6 is 27.5 Å². The summed E-state index contributed by atoms with van der Waals surface area (Å²) in [5.41, 5.74) is 8.59. The smallest absolute Gasteiger partial charge is 0.256 e. The van der Waals surface area contributed by atoms with Crippen molar-refractivity contribution in [2.45, 2.75) is 37.8 Å². The molecule has 1 unspecified atom stereocenters. The molecule has 9 heteroatoms. The van der Waals surface area contributed by atoms with E-state index >= 15 is 0 Å². The number of aryl methyl sites for hydroxylation is 1. The topological polar surface area (TPSA) is 105 Å². The first kappa shape index (κ1) is 25.3. The summed E-state index contributed by atoms with van der Waals surface area (Å²) in [6.45, 7) is 2.45. The van der Waals surface area contributed by atoms with E-state index in [1.165, 1.54) is 4.90 Å². The van der Waals surface area contributed by atoms with E-state index in [2.05, 4.69) is 26.6 Å². The Morgan fingerprint density at radius 3 is 2.73 bits per heavy atom. The lowest BCUT2D eigenvalue weighted by Crippen LogP contribution is -2.46. The molecule has 2 aliphatic rings. The Morgan fingerprint density at radius 1 is 1.19 bits per heavy atom. The van der Waals surface area contributed by atoms with Crippen LogP contribution in [-0.2, 0) is 21.5 Å². The molecule has 3 aromatic rings. The Bertz CT molecular complexity index is 1430. The predicted molar refractivity (Wildman–Crippen MR) is 148 cm³/mol. The predicted octanol–water partition coefficient (Wildman–Crippen LogP) is 5.00. The summed E-state index contributed by atoms with van der Waals surface area (Å²) in [6.07, 6.45) is 1.58. The quantitative estimate of drug-likeness (QED) is 0.381. The second-order valence-electron chi connectivity index (χ2n) is 9.53. The third-order valence-electron chi connectivity index (χ3n) is 7.20. The highest BCUT2D eigenvalue weighted by molar-refractivity contribution is 9.10. The van der Waals surface area contributed by atoms with Crippen molar-refractivity contribution in [1.29, 1.82) is 0 Å². The van der Waals surface area contributed by atoms with E-state index in [4.69, 9.17) is 17.3 Å². The molecule has 190 valence electrons. The zero-order valence-electron chi connectivity index (χ0n) is 20.2. The monoisotopic (exact) mass is 580 g/mol. The molecule has 3 aromatic carbocycles. The fraction of sp³-hybridized carbons (Fsp3) is 0.250. The van der Waals surface area contributed by atoms with Gasteiger partial charge in [-0.3, -0.25) is 14.4 Å². The number of likely N-dealkylation sites (tertiary alicyclic amines) is 1. The number of nitrogens with two attached hydrogens (primary N) is 1. The minimum Gasteiger partial charge on any atom is -0.368 e. The summed E-state index contributed by atoms with van der Waals surface area (Å²) in [5, 5.41) is 6.95. The summed E-state index contributed by atoms with van der Waals surface area (Å²) in [4.78, 5) is 41.0. The van der Waals surface area contributed by atoms with Crippen LogP contribution in [0.15, 0.2) is 65.1 Å². The number of hydrogen-bond acceptors (Lipinski definition) is 4. The van der Waals surface area contributed by atoms with Crippen LogP contribution in [-0.4, -0.2) is 35.2 Å². The number of carbonyl (C=O) groups excluding carboxylic acids is 3. The molecule has 0 bridgehead atoms. The van der Waals surface area contributed by atoms with Crippen LogP contribution in [0.2, 0.25) is 5.02 Å². The SMILES string of the molecule is Cc1ccccc1CC1(Nc2cc(Br)ccc2C(=O)N2CCC[C@H]2C(N)=O)C(=O)Nc2cc(Cl)ccc21. The third-order valence-corrected chi connectivity index (χ3v) is 7.92. The van der Waals surface area contributed by atoms with Gasteiger partial charge in [-0.15, -0.1) is 0 Å². The highest BCUT2D eigenvalue weighted by atomic mass is 79.9. The Hall–Kier alpha value is -3.36. The fourth-order valence-electron chi connectivity index (χ4n) is 5.28. The van der Waals surface area contributed by atoms with Crippen molar-refractivity contribution in [3.63, 3.8) is 0 Å². The lowest BCUT2D eigenvalue weighted by atomic mass is 9.83. The van der Waals surface area contributed by atoms with E-state index in [0.717, 1.165) is 21.2 Å². The molecule has 0 radical (unpaired) electrons. The van der Waals surface area contributed by atoms with Crippen molar-refractivity contribution in [3.05, 3.63) is 92.4 Å². The molecule has 5 rings (SSSR count). The normalized spacial score (nSPS) is 20.5. The van der Waals surface area contributed by atoms with E-state index in [-0.39, 0.29) is 11.8 Å². The van der Waals surface area contributed by atoms with Crippen LogP contribution in [0.1, 0.15) is 39.9 Å². The lowest BCUT2D eigenvalue weighted by Gasteiger charge is -2.32. The van der Waals surface area contributed by atoms with Crippen molar-refractivity contribution in [1.82, 2.24) is 4.90 Å². The molecule has 0 aromatic heterocycles. The zero-order valence-corrected chi connectivity index (χ0v) is 22.5. The number of benzene rings is 3. The zero-order chi connectivity index (χ0) is 26.3. The fourth-order valence-corrected chi connectivity index (χ4v) is 5.81. The van der Waals surface area contributed by atoms with Gasteiger partial charge < -0.3 is 21.3 Å². The number of primary amides is 1. The Morgan fingerprint density at radius 2 is 1.97 bits per heavy atom. The van der Waals surface area contributed by atoms with E-state index in [1.54, 1.807) is 30.3 Å². The van der Waals surface area contributed by atoms with E-state index < -0.39 is 17.5 Å². The summed E-state index contributed by atoms with van der Waals surface area (Å²) in [6, 6.07) is 17.8. The van der Waals surface area contributed by atoms with Gasteiger partial charge in [-0.25, -0.2) is 0 Å². The largest absolute Gasteiger partial charge is 0.368 e. The molecule has 4 N–H and O–H groups in total. The molecule has 3 amide bonds. The molecule has 2 atom stereocenters. The van der Waals surface area contributed by atoms with E-state index in [0.29, 0.717) is 47.8 Å². The number of nitrogens with one attached hydrogen (secondary N) is 2. The average Bonchev–Trinajstić information content (AvgIpc) is 3.44. The van der Waals surface area contributed by atoms with Crippen LogP contribution < -0.4 is 16.4 Å². The van der Waals surface area contributed by atoms with Crippen LogP contribution in [0.25, 0.3) is 0 Å². The van der Waals surface area contributed by atoms with E-state index in [1.807, 2.05) is 37.3 Å². The summed E-state index contributed by atoms with van der Waals surface area (Å²) >= 11 is 9.75. The highest BCUT2D eigenvalue weighted by Crippen LogP contribution is 2.43. The van der Waals surface area contributed by atoms with Crippen LogP contribution in [0.4, 0.5) is 11.4 Å².